The molecule has 3 rings (SSSR count). The van der Waals surface area contributed by atoms with Crippen molar-refractivity contribution in [3.63, 3.8) is 0 Å². The lowest BCUT2D eigenvalue weighted by Crippen LogP contribution is -2.11. The first-order valence-electron chi connectivity index (χ1n) is 8.19. The van der Waals surface area contributed by atoms with E-state index in [4.69, 9.17) is 20.9 Å². The minimum absolute atomic E-state index is 0.0761. The van der Waals surface area contributed by atoms with Crippen molar-refractivity contribution in [1.29, 1.82) is 0 Å². The van der Waals surface area contributed by atoms with Gasteiger partial charge in [0.1, 0.15) is 5.75 Å². The molecule has 0 saturated carbocycles. The maximum atomic E-state index is 12.3. The fraction of sp³-hybridized carbons (Fsp3) is 0.0476. The van der Waals surface area contributed by atoms with Crippen molar-refractivity contribution in [3.05, 3.63) is 89.5 Å². The second kappa shape index (κ2) is 8.05. The fourth-order valence-electron chi connectivity index (χ4n) is 2.49. The molecule has 4 N–H and O–H groups in total. The maximum absolute atomic E-state index is 12.3. The van der Waals surface area contributed by atoms with Gasteiger partial charge in [0.2, 0.25) is 6.79 Å². The van der Waals surface area contributed by atoms with E-state index in [0.717, 1.165) is 0 Å². The molecule has 0 amide bonds. The molecule has 0 aliphatic rings. The van der Waals surface area contributed by atoms with Crippen LogP contribution in [0.2, 0.25) is 0 Å². The summed E-state index contributed by atoms with van der Waals surface area (Å²) in [5.41, 5.74) is 13.5. The van der Waals surface area contributed by atoms with Gasteiger partial charge in [-0.3, -0.25) is 4.79 Å². The highest BCUT2D eigenvalue weighted by Gasteiger charge is 2.10. The Balaban J connectivity index is 1.56. The Labute approximate surface area is 156 Å². The standard InChI is InChI=1S/C21H18N2O4/c22-17-10-16(11-18(23)12-17)21(25)27-13-26-19-8-6-15(7-9-19)20(24)14-4-2-1-3-5-14/h1-12H,13,22-23H2. The first kappa shape index (κ1) is 18.0. The number of esters is 1. The predicted octanol–water partition coefficient (Wildman–Crippen LogP) is 3.28. The minimum atomic E-state index is -0.593. The number of nitrogen functional groups attached to an aromatic ring is 2. The predicted molar refractivity (Wildman–Crippen MR) is 102 cm³/mol. The monoisotopic (exact) mass is 362 g/mol. The maximum Gasteiger partial charge on any atom is 0.341 e. The smallest absolute Gasteiger partial charge is 0.341 e. The largest absolute Gasteiger partial charge is 0.457 e. The lowest BCUT2D eigenvalue weighted by Gasteiger charge is -2.09. The molecule has 0 heterocycles. The fourth-order valence-corrected chi connectivity index (χ4v) is 2.49. The molecule has 0 bridgehead atoms. The van der Waals surface area contributed by atoms with Gasteiger partial charge in [-0.1, -0.05) is 30.3 Å². The number of hydrogen-bond acceptors (Lipinski definition) is 6. The first-order valence-corrected chi connectivity index (χ1v) is 8.19. The van der Waals surface area contributed by atoms with Crippen molar-refractivity contribution in [3.8, 4) is 5.75 Å². The summed E-state index contributed by atoms with van der Waals surface area (Å²) in [6.07, 6.45) is 0. The van der Waals surface area contributed by atoms with E-state index >= 15 is 0 Å². The SMILES string of the molecule is Nc1cc(N)cc(C(=O)OCOc2ccc(C(=O)c3ccccc3)cc2)c1. The Morgan fingerprint density at radius 3 is 1.96 bits per heavy atom. The molecule has 0 atom stereocenters. The highest BCUT2D eigenvalue weighted by atomic mass is 16.7. The first-order chi connectivity index (χ1) is 13.0. The van der Waals surface area contributed by atoms with Gasteiger partial charge in [-0.15, -0.1) is 0 Å². The van der Waals surface area contributed by atoms with Gasteiger partial charge in [0.25, 0.3) is 0 Å². The molecule has 136 valence electrons. The quantitative estimate of drug-likeness (QED) is 0.302. The molecule has 0 spiro atoms. The van der Waals surface area contributed by atoms with Gasteiger partial charge < -0.3 is 20.9 Å². The van der Waals surface area contributed by atoms with Crippen LogP contribution in [-0.4, -0.2) is 18.5 Å². The summed E-state index contributed by atoms with van der Waals surface area (Å²) in [6, 6.07) is 20.1. The zero-order chi connectivity index (χ0) is 19.2. The van der Waals surface area contributed by atoms with E-state index in [1.165, 1.54) is 12.1 Å². The van der Waals surface area contributed by atoms with Gasteiger partial charge >= 0.3 is 5.97 Å². The van der Waals surface area contributed by atoms with Crippen LogP contribution in [0.15, 0.2) is 72.8 Å². The van der Waals surface area contributed by atoms with Crippen molar-refractivity contribution in [2.24, 2.45) is 0 Å². The van der Waals surface area contributed by atoms with Crippen LogP contribution in [0.25, 0.3) is 0 Å². The summed E-state index contributed by atoms with van der Waals surface area (Å²) in [7, 11) is 0. The second-order valence-corrected chi connectivity index (χ2v) is 5.80. The van der Waals surface area contributed by atoms with Gasteiger partial charge in [0, 0.05) is 22.5 Å². The normalized spacial score (nSPS) is 10.2. The molecule has 3 aromatic carbocycles. The summed E-state index contributed by atoms with van der Waals surface area (Å²) in [5, 5.41) is 0. The van der Waals surface area contributed by atoms with Crippen molar-refractivity contribution in [1.82, 2.24) is 0 Å². The zero-order valence-electron chi connectivity index (χ0n) is 14.4. The summed E-state index contributed by atoms with van der Waals surface area (Å²) in [5.74, 6) is -0.197. The molecule has 0 aromatic heterocycles. The molecule has 27 heavy (non-hydrogen) atoms. The Hall–Kier alpha value is -3.80. The Kier molecular flexibility index (Phi) is 5.37. The van der Waals surface area contributed by atoms with Gasteiger partial charge in [-0.2, -0.15) is 0 Å². The van der Waals surface area contributed by atoms with Crippen LogP contribution in [0.3, 0.4) is 0 Å². The number of anilines is 2. The van der Waals surface area contributed by atoms with Crippen molar-refractivity contribution in [2.45, 2.75) is 0 Å². The number of hydrogen-bond donors (Lipinski definition) is 2. The topological polar surface area (TPSA) is 105 Å². The number of benzene rings is 3. The lowest BCUT2D eigenvalue weighted by atomic mass is 10.0. The van der Waals surface area contributed by atoms with E-state index in [1.807, 2.05) is 18.2 Å². The van der Waals surface area contributed by atoms with Gasteiger partial charge in [-0.05, 0) is 42.5 Å². The van der Waals surface area contributed by atoms with Crippen molar-refractivity contribution >= 4 is 23.1 Å². The third-order valence-corrected chi connectivity index (χ3v) is 3.78. The van der Waals surface area contributed by atoms with Crippen LogP contribution in [0.5, 0.6) is 5.75 Å². The van der Waals surface area contributed by atoms with E-state index in [9.17, 15) is 9.59 Å². The molecule has 0 unspecified atom stereocenters. The van der Waals surface area contributed by atoms with Crippen molar-refractivity contribution < 1.29 is 19.1 Å². The van der Waals surface area contributed by atoms with Crippen LogP contribution in [0.4, 0.5) is 11.4 Å². The zero-order valence-corrected chi connectivity index (χ0v) is 14.4. The summed E-state index contributed by atoms with van der Waals surface area (Å²) < 4.78 is 10.4. The molecule has 0 aliphatic heterocycles. The van der Waals surface area contributed by atoms with E-state index in [1.54, 1.807) is 42.5 Å². The third kappa shape index (κ3) is 4.64. The minimum Gasteiger partial charge on any atom is -0.457 e. The number of carbonyl (C=O) groups is 2. The van der Waals surface area contributed by atoms with Crippen LogP contribution in [0.1, 0.15) is 26.3 Å². The molecule has 0 radical (unpaired) electrons. The molecule has 0 aliphatic carbocycles. The average Bonchev–Trinajstić information content (AvgIpc) is 2.68. The van der Waals surface area contributed by atoms with E-state index in [2.05, 4.69) is 0 Å². The number of nitrogens with two attached hydrogens (primary N) is 2. The van der Waals surface area contributed by atoms with E-state index in [0.29, 0.717) is 28.3 Å². The number of ketones is 1. The van der Waals surface area contributed by atoms with Crippen LogP contribution < -0.4 is 16.2 Å². The number of ether oxygens (including phenoxy) is 2. The number of carbonyl (C=O) groups excluding carboxylic acids is 2. The molecule has 0 saturated heterocycles. The summed E-state index contributed by atoms with van der Waals surface area (Å²) >= 11 is 0. The summed E-state index contributed by atoms with van der Waals surface area (Å²) in [6.45, 7) is -0.278. The Morgan fingerprint density at radius 2 is 1.33 bits per heavy atom. The van der Waals surface area contributed by atoms with Crippen molar-refractivity contribution in [2.75, 3.05) is 18.3 Å². The number of rotatable bonds is 6. The highest BCUT2D eigenvalue weighted by molar-refractivity contribution is 6.09. The highest BCUT2D eigenvalue weighted by Crippen LogP contribution is 2.17. The Morgan fingerprint density at radius 1 is 0.741 bits per heavy atom. The third-order valence-electron chi connectivity index (χ3n) is 3.78. The Bertz CT molecular complexity index is 933. The molecule has 3 aromatic rings. The lowest BCUT2D eigenvalue weighted by molar-refractivity contribution is 0.0154. The molecule has 6 heteroatoms. The van der Waals surface area contributed by atoms with Crippen LogP contribution in [0, 0.1) is 0 Å². The summed E-state index contributed by atoms with van der Waals surface area (Å²) in [4.78, 5) is 24.3. The average molecular weight is 362 g/mol. The van der Waals surface area contributed by atoms with Crippen LogP contribution >= 0.6 is 0 Å². The van der Waals surface area contributed by atoms with Gasteiger partial charge in [0.15, 0.2) is 5.78 Å². The van der Waals surface area contributed by atoms with E-state index < -0.39 is 5.97 Å². The molecule has 0 fully saturated rings. The van der Waals surface area contributed by atoms with Gasteiger partial charge in [0.05, 0.1) is 5.56 Å². The molecule has 6 nitrogen and oxygen atoms in total. The van der Waals surface area contributed by atoms with E-state index in [-0.39, 0.29) is 18.1 Å². The molecular formula is C21H18N2O4. The van der Waals surface area contributed by atoms with Gasteiger partial charge in [-0.25, -0.2) is 4.79 Å². The van der Waals surface area contributed by atoms with Crippen LogP contribution in [-0.2, 0) is 4.74 Å². The molecular weight excluding hydrogens is 344 g/mol. The second-order valence-electron chi connectivity index (χ2n) is 5.80.